The monoisotopic (exact) mass is 248 g/mol. The number of rotatable bonds is 2. The van der Waals surface area contributed by atoms with Crippen LogP contribution in [0.1, 0.15) is 5.69 Å². The molecule has 1 N–H and O–H groups in total. The van der Waals surface area contributed by atoms with Gasteiger partial charge in [-0.05, 0) is 18.2 Å². The Morgan fingerprint density at radius 1 is 1.35 bits per heavy atom. The Labute approximate surface area is 102 Å². The molecule has 0 radical (unpaired) electrons. The molecule has 1 heterocycles. The van der Waals surface area contributed by atoms with Crippen molar-refractivity contribution in [2.45, 2.75) is 0 Å². The number of halogens is 2. The molecular weight excluding hydrogens is 243 g/mol. The lowest BCUT2D eigenvalue weighted by molar-refractivity contribution is 0.631. The second kappa shape index (κ2) is 4.76. The first-order valence-corrected chi connectivity index (χ1v) is 5.02. The zero-order valence-electron chi connectivity index (χ0n) is 8.48. The van der Waals surface area contributed by atoms with Crippen molar-refractivity contribution in [1.29, 1.82) is 5.26 Å². The van der Waals surface area contributed by atoms with Gasteiger partial charge in [0.2, 0.25) is 5.95 Å². The van der Waals surface area contributed by atoms with Gasteiger partial charge in [0, 0.05) is 6.20 Å². The molecule has 0 atom stereocenters. The summed E-state index contributed by atoms with van der Waals surface area (Å²) in [5.74, 6) is -0.389. The van der Waals surface area contributed by atoms with Gasteiger partial charge in [0.15, 0.2) is 0 Å². The summed E-state index contributed by atoms with van der Waals surface area (Å²) < 4.78 is 13.5. The van der Waals surface area contributed by atoms with Crippen LogP contribution in [-0.2, 0) is 0 Å². The van der Waals surface area contributed by atoms with Crippen LogP contribution < -0.4 is 5.32 Å². The van der Waals surface area contributed by atoms with Crippen molar-refractivity contribution in [3.63, 3.8) is 0 Å². The molecule has 2 aromatic rings. The van der Waals surface area contributed by atoms with Crippen LogP contribution in [0.4, 0.5) is 16.0 Å². The normalized spacial score (nSPS) is 9.71. The van der Waals surface area contributed by atoms with Crippen molar-refractivity contribution < 1.29 is 4.39 Å². The molecule has 84 valence electrons. The van der Waals surface area contributed by atoms with E-state index in [-0.39, 0.29) is 22.4 Å². The number of nitrogens with one attached hydrogen (secondary N) is 1. The highest BCUT2D eigenvalue weighted by molar-refractivity contribution is 6.33. The molecule has 0 unspecified atom stereocenters. The van der Waals surface area contributed by atoms with Crippen LogP contribution in [0.15, 0.2) is 30.5 Å². The molecule has 0 aliphatic carbocycles. The number of para-hydroxylation sites is 1. The minimum Gasteiger partial charge on any atom is -0.320 e. The Morgan fingerprint density at radius 3 is 2.88 bits per heavy atom. The summed E-state index contributed by atoms with van der Waals surface area (Å²) in [7, 11) is 0. The number of hydrogen-bond donors (Lipinski definition) is 1. The molecule has 0 aliphatic heterocycles. The quantitative estimate of drug-likeness (QED) is 0.888. The third-order valence-electron chi connectivity index (χ3n) is 1.97. The minimum absolute atomic E-state index is 0.0873. The van der Waals surface area contributed by atoms with Gasteiger partial charge in [0.1, 0.15) is 17.6 Å². The molecule has 0 bridgehead atoms. The average molecular weight is 249 g/mol. The Kier molecular flexibility index (Phi) is 3.17. The van der Waals surface area contributed by atoms with E-state index in [1.165, 1.54) is 24.4 Å². The Morgan fingerprint density at radius 2 is 2.18 bits per heavy atom. The molecule has 17 heavy (non-hydrogen) atoms. The zero-order chi connectivity index (χ0) is 12.3. The standard InChI is InChI=1S/C11H6ClFN4/c12-8-2-1-3-9(13)10(8)17-11-15-5-4-7(6-14)16-11/h1-5H,(H,15,16,17). The highest BCUT2D eigenvalue weighted by atomic mass is 35.5. The zero-order valence-corrected chi connectivity index (χ0v) is 9.24. The number of hydrogen-bond acceptors (Lipinski definition) is 4. The molecule has 6 heteroatoms. The second-order valence-electron chi connectivity index (χ2n) is 3.10. The van der Waals surface area contributed by atoms with Gasteiger partial charge in [0.25, 0.3) is 0 Å². The summed E-state index contributed by atoms with van der Waals surface area (Å²) >= 11 is 5.83. The van der Waals surface area contributed by atoms with Gasteiger partial charge < -0.3 is 5.32 Å². The molecule has 0 amide bonds. The van der Waals surface area contributed by atoms with Crippen LogP contribution in [0.3, 0.4) is 0 Å². The van der Waals surface area contributed by atoms with E-state index < -0.39 is 5.82 Å². The summed E-state index contributed by atoms with van der Waals surface area (Å²) in [4.78, 5) is 7.73. The van der Waals surface area contributed by atoms with Gasteiger partial charge in [-0.25, -0.2) is 14.4 Å². The first-order chi connectivity index (χ1) is 8.20. The van der Waals surface area contributed by atoms with E-state index in [2.05, 4.69) is 15.3 Å². The molecule has 0 saturated heterocycles. The van der Waals surface area contributed by atoms with Crippen molar-refractivity contribution in [1.82, 2.24) is 9.97 Å². The van der Waals surface area contributed by atoms with Gasteiger partial charge in [-0.2, -0.15) is 5.26 Å². The summed E-state index contributed by atoms with van der Waals surface area (Å²) in [6.07, 6.45) is 1.41. The number of nitriles is 1. The average Bonchev–Trinajstić information content (AvgIpc) is 2.34. The van der Waals surface area contributed by atoms with Crippen LogP contribution in [0, 0.1) is 17.1 Å². The first-order valence-electron chi connectivity index (χ1n) is 4.65. The summed E-state index contributed by atoms with van der Waals surface area (Å²) in [6, 6.07) is 7.62. The van der Waals surface area contributed by atoms with Gasteiger partial charge in [-0.3, -0.25) is 0 Å². The third-order valence-corrected chi connectivity index (χ3v) is 2.28. The van der Waals surface area contributed by atoms with Crippen LogP contribution in [-0.4, -0.2) is 9.97 Å². The first kappa shape index (κ1) is 11.3. The van der Waals surface area contributed by atoms with Crippen LogP contribution in [0.2, 0.25) is 5.02 Å². The fraction of sp³-hybridized carbons (Fsp3) is 0. The number of nitrogens with zero attached hydrogens (tertiary/aromatic N) is 3. The van der Waals surface area contributed by atoms with E-state index in [0.29, 0.717) is 0 Å². The molecule has 4 nitrogen and oxygen atoms in total. The molecule has 1 aromatic carbocycles. The van der Waals surface area contributed by atoms with E-state index in [0.717, 1.165) is 0 Å². The van der Waals surface area contributed by atoms with Gasteiger partial charge >= 0.3 is 0 Å². The van der Waals surface area contributed by atoms with Crippen molar-refractivity contribution >= 4 is 23.2 Å². The van der Waals surface area contributed by atoms with E-state index in [9.17, 15) is 4.39 Å². The maximum absolute atomic E-state index is 13.5. The number of anilines is 2. The molecule has 0 spiro atoms. The predicted molar refractivity (Wildman–Crippen MR) is 61.4 cm³/mol. The van der Waals surface area contributed by atoms with Gasteiger partial charge in [-0.15, -0.1) is 0 Å². The molecule has 0 aliphatic rings. The second-order valence-corrected chi connectivity index (χ2v) is 3.51. The van der Waals surface area contributed by atoms with Crippen molar-refractivity contribution in [2.75, 3.05) is 5.32 Å². The Bertz CT molecular complexity index is 574. The molecule has 0 fully saturated rings. The van der Waals surface area contributed by atoms with Crippen molar-refractivity contribution in [3.05, 3.63) is 47.0 Å². The lowest BCUT2D eigenvalue weighted by Gasteiger charge is -2.07. The molecule has 2 rings (SSSR count). The molecular formula is C11H6ClFN4. The smallest absolute Gasteiger partial charge is 0.228 e. The Hall–Kier alpha value is -2.19. The fourth-order valence-corrected chi connectivity index (χ4v) is 1.42. The maximum atomic E-state index is 13.5. The summed E-state index contributed by atoms with van der Waals surface area (Å²) in [5.41, 5.74) is 0.277. The Balaban J connectivity index is 2.35. The predicted octanol–water partition coefficient (Wildman–Crippen LogP) is 2.88. The largest absolute Gasteiger partial charge is 0.320 e. The molecule has 0 saturated carbocycles. The van der Waals surface area contributed by atoms with Crippen LogP contribution in [0.25, 0.3) is 0 Å². The van der Waals surface area contributed by atoms with Crippen LogP contribution in [0.5, 0.6) is 0 Å². The summed E-state index contributed by atoms with van der Waals surface area (Å²) in [5, 5.41) is 11.5. The van der Waals surface area contributed by atoms with Gasteiger partial charge in [0.05, 0.1) is 10.7 Å². The lowest BCUT2D eigenvalue weighted by atomic mass is 10.3. The summed E-state index contributed by atoms with van der Waals surface area (Å²) in [6.45, 7) is 0. The van der Waals surface area contributed by atoms with Crippen molar-refractivity contribution in [3.8, 4) is 6.07 Å². The van der Waals surface area contributed by atoms with E-state index >= 15 is 0 Å². The highest BCUT2D eigenvalue weighted by Crippen LogP contribution is 2.26. The van der Waals surface area contributed by atoms with E-state index in [1.807, 2.05) is 6.07 Å². The number of benzene rings is 1. The van der Waals surface area contributed by atoms with E-state index in [4.69, 9.17) is 16.9 Å². The maximum Gasteiger partial charge on any atom is 0.228 e. The lowest BCUT2D eigenvalue weighted by Crippen LogP contribution is -2.00. The highest BCUT2D eigenvalue weighted by Gasteiger charge is 2.08. The topological polar surface area (TPSA) is 61.6 Å². The minimum atomic E-state index is -0.511. The van der Waals surface area contributed by atoms with Crippen LogP contribution >= 0.6 is 11.6 Å². The fourth-order valence-electron chi connectivity index (χ4n) is 1.21. The van der Waals surface area contributed by atoms with Crippen molar-refractivity contribution in [2.24, 2.45) is 0 Å². The molecule has 1 aromatic heterocycles. The third kappa shape index (κ3) is 2.49. The number of aromatic nitrogens is 2. The van der Waals surface area contributed by atoms with E-state index in [1.54, 1.807) is 6.07 Å². The van der Waals surface area contributed by atoms with Gasteiger partial charge in [-0.1, -0.05) is 17.7 Å². The SMILES string of the molecule is N#Cc1ccnc(Nc2c(F)cccc2Cl)n1.